The average Bonchev–Trinajstić information content (AvgIpc) is 2.38. The van der Waals surface area contributed by atoms with E-state index in [1.54, 1.807) is 12.1 Å². The van der Waals surface area contributed by atoms with Crippen molar-refractivity contribution in [3.05, 3.63) is 35.1 Å². The van der Waals surface area contributed by atoms with E-state index in [1.165, 1.54) is 0 Å². The fourth-order valence-corrected chi connectivity index (χ4v) is 2.75. The molecule has 19 heavy (non-hydrogen) atoms. The van der Waals surface area contributed by atoms with E-state index in [-0.39, 0.29) is 11.9 Å². The summed E-state index contributed by atoms with van der Waals surface area (Å²) in [6, 6.07) is 5.74. The standard InChI is InChI=1S/C15H24FN3/c1-11-4-5-14(16)13(8-11)15(9-17)19-7-6-18(3)12(2)10-19/h4-5,8,12,15H,6-7,9-10,17H2,1-3H3. The van der Waals surface area contributed by atoms with E-state index in [1.807, 2.05) is 13.0 Å². The van der Waals surface area contributed by atoms with E-state index in [0.29, 0.717) is 12.6 Å². The molecule has 106 valence electrons. The van der Waals surface area contributed by atoms with Gasteiger partial charge < -0.3 is 10.6 Å². The van der Waals surface area contributed by atoms with Crippen LogP contribution in [0.4, 0.5) is 4.39 Å². The molecule has 1 fully saturated rings. The molecule has 0 radical (unpaired) electrons. The molecule has 2 rings (SSSR count). The molecule has 0 spiro atoms. The van der Waals surface area contributed by atoms with Crippen LogP contribution in [-0.4, -0.2) is 49.1 Å². The topological polar surface area (TPSA) is 32.5 Å². The Kier molecular flexibility index (Phi) is 4.55. The zero-order valence-electron chi connectivity index (χ0n) is 12.1. The summed E-state index contributed by atoms with van der Waals surface area (Å²) in [7, 11) is 2.13. The van der Waals surface area contributed by atoms with Crippen molar-refractivity contribution in [2.75, 3.05) is 33.2 Å². The molecule has 1 aromatic rings. The molecule has 3 nitrogen and oxygen atoms in total. The summed E-state index contributed by atoms with van der Waals surface area (Å²) in [5, 5.41) is 0. The van der Waals surface area contributed by atoms with Gasteiger partial charge in [-0.25, -0.2) is 4.39 Å². The van der Waals surface area contributed by atoms with E-state index >= 15 is 0 Å². The van der Waals surface area contributed by atoms with Crippen molar-refractivity contribution in [3.8, 4) is 0 Å². The monoisotopic (exact) mass is 265 g/mol. The average molecular weight is 265 g/mol. The summed E-state index contributed by atoms with van der Waals surface area (Å²) in [4.78, 5) is 4.64. The number of hydrogen-bond donors (Lipinski definition) is 1. The van der Waals surface area contributed by atoms with Gasteiger partial charge in [-0.3, -0.25) is 4.90 Å². The third kappa shape index (κ3) is 3.14. The Bertz CT molecular complexity index is 435. The SMILES string of the molecule is Cc1ccc(F)c(C(CN)N2CCN(C)C(C)C2)c1. The lowest BCUT2D eigenvalue weighted by Gasteiger charge is -2.41. The summed E-state index contributed by atoms with van der Waals surface area (Å²) >= 11 is 0. The van der Waals surface area contributed by atoms with Crippen LogP contribution in [0.15, 0.2) is 18.2 Å². The molecule has 0 bridgehead atoms. The van der Waals surface area contributed by atoms with Crippen molar-refractivity contribution in [1.82, 2.24) is 9.80 Å². The number of aryl methyl sites for hydroxylation is 1. The van der Waals surface area contributed by atoms with Crippen LogP contribution in [0, 0.1) is 12.7 Å². The second-order valence-electron chi connectivity index (χ2n) is 5.60. The first-order valence-electron chi connectivity index (χ1n) is 6.93. The minimum atomic E-state index is -0.146. The van der Waals surface area contributed by atoms with Gasteiger partial charge in [-0.15, -0.1) is 0 Å². The molecule has 1 heterocycles. The maximum atomic E-state index is 14.0. The van der Waals surface area contributed by atoms with Gasteiger partial charge in [-0.05, 0) is 27.0 Å². The minimum Gasteiger partial charge on any atom is -0.329 e. The molecule has 0 aromatic heterocycles. The molecule has 1 aromatic carbocycles. The Morgan fingerprint density at radius 3 is 2.79 bits per heavy atom. The van der Waals surface area contributed by atoms with Gasteiger partial charge in [0, 0.05) is 37.8 Å². The largest absolute Gasteiger partial charge is 0.329 e. The van der Waals surface area contributed by atoms with Crippen LogP contribution in [0.25, 0.3) is 0 Å². The maximum Gasteiger partial charge on any atom is 0.128 e. The zero-order valence-corrected chi connectivity index (χ0v) is 12.1. The van der Waals surface area contributed by atoms with E-state index in [9.17, 15) is 4.39 Å². The molecule has 1 aliphatic heterocycles. The predicted octanol–water partition coefficient (Wildman–Crippen LogP) is 1.77. The summed E-state index contributed by atoms with van der Waals surface area (Å²) in [5.41, 5.74) is 7.73. The second-order valence-corrected chi connectivity index (χ2v) is 5.60. The first-order valence-corrected chi connectivity index (χ1v) is 6.93. The molecule has 4 heteroatoms. The van der Waals surface area contributed by atoms with Gasteiger partial charge in [0.2, 0.25) is 0 Å². The summed E-state index contributed by atoms with van der Waals surface area (Å²) in [6.07, 6.45) is 0. The lowest BCUT2D eigenvalue weighted by Crippen LogP contribution is -2.52. The molecule has 1 aliphatic rings. The summed E-state index contributed by atoms with van der Waals surface area (Å²) in [5.74, 6) is -0.146. The van der Waals surface area contributed by atoms with Gasteiger partial charge in [-0.1, -0.05) is 17.7 Å². The fraction of sp³-hybridized carbons (Fsp3) is 0.600. The number of benzene rings is 1. The highest BCUT2D eigenvalue weighted by Crippen LogP contribution is 2.25. The van der Waals surface area contributed by atoms with Crippen LogP contribution >= 0.6 is 0 Å². The Hall–Kier alpha value is -0.970. The molecular weight excluding hydrogens is 241 g/mol. The van der Waals surface area contributed by atoms with E-state index in [2.05, 4.69) is 23.8 Å². The van der Waals surface area contributed by atoms with Crippen molar-refractivity contribution in [2.24, 2.45) is 5.73 Å². The fourth-order valence-electron chi connectivity index (χ4n) is 2.75. The molecule has 0 amide bonds. The van der Waals surface area contributed by atoms with Crippen molar-refractivity contribution in [2.45, 2.75) is 25.9 Å². The normalized spacial score (nSPS) is 23.5. The molecule has 2 atom stereocenters. The highest BCUT2D eigenvalue weighted by Gasteiger charge is 2.28. The highest BCUT2D eigenvalue weighted by molar-refractivity contribution is 5.27. The number of nitrogens with two attached hydrogens (primary N) is 1. The lowest BCUT2D eigenvalue weighted by atomic mass is 10.0. The molecular formula is C15H24FN3. The third-order valence-corrected chi connectivity index (χ3v) is 4.17. The Balaban J connectivity index is 2.22. The quantitative estimate of drug-likeness (QED) is 0.904. The summed E-state index contributed by atoms with van der Waals surface area (Å²) in [6.45, 7) is 7.53. The van der Waals surface area contributed by atoms with Crippen LogP contribution in [0.1, 0.15) is 24.1 Å². The van der Waals surface area contributed by atoms with Gasteiger partial charge in [0.25, 0.3) is 0 Å². The first kappa shape index (κ1) is 14.4. The zero-order chi connectivity index (χ0) is 14.0. The van der Waals surface area contributed by atoms with Crippen LogP contribution in [0.2, 0.25) is 0 Å². The number of halogens is 1. The molecule has 0 saturated carbocycles. The number of rotatable bonds is 3. The Labute approximate surface area is 115 Å². The molecule has 2 N–H and O–H groups in total. The van der Waals surface area contributed by atoms with Crippen molar-refractivity contribution in [3.63, 3.8) is 0 Å². The lowest BCUT2D eigenvalue weighted by molar-refractivity contribution is 0.0729. The number of piperazine rings is 1. The van der Waals surface area contributed by atoms with Crippen molar-refractivity contribution in [1.29, 1.82) is 0 Å². The Morgan fingerprint density at radius 1 is 1.42 bits per heavy atom. The van der Waals surface area contributed by atoms with Crippen LogP contribution in [-0.2, 0) is 0 Å². The molecule has 2 unspecified atom stereocenters. The Morgan fingerprint density at radius 2 is 2.16 bits per heavy atom. The van der Waals surface area contributed by atoms with Crippen LogP contribution in [0.3, 0.4) is 0 Å². The maximum absolute atomic E-state index is 14.0. The number of likely N-dealkylation sites (N-methyl/N-ethyl adjacent to an activating group) is 1. The molecule has 0 aliphatic carbocycles. The van der Waals surface area contributed by atoms with Gasteiger partial charge >= 0.3 is 0 Å². The summed E-state index contributed by atoms with van der Waals surface area (Å²) < 4.78 is 14.0. The third-order valence-electron chi connectivity index (χ3n) is 4.17. The number of nitrogens with zero attached hydrogens (tertiary/aromatic N) is 2. The van der Waals surface area contributed by atoms with Crippen LogP contribution < -0.4 is 5.73 Å². The molecule has 1 saturated heterocycles. The van der Waals surface area contributed by atoms with E-state index in [0.717, 1.165) is 30.8 Å². The van der Waals surface area contributed by atoms with E-state index < -0.39 is 0 Å². The first-order chi connectivity index (χ1) is 9.02. The van der Waals surface area contributed by atoms with Crippen molar-refractivity contribution < 1.29 is 4.39 Å². The second kappa shape index (κ2) is 5.99. The van der Waals surface area contributed by atoms with Crippen LogP contribution in [0.5, 0.6) is 0 Å². The van der Waals surface area contributed by atoms with Crippen molar-refractivity contribution >= 4 is 0 Å². The van der Waals surface area contributed by atoms with Gasteiger partial charge in [0.1, 0.15) is 5.82 Å². The predicted molar refractivity (Wildman–Crippen MR) is 76.6 cm³/mol. The number of hydrogen-bond acceptors (Lipinski definition) is 3. The van der Waals surface area contributed by atoms with E-state index in [4.69, 9.17) is 5.73 Å². The van der Waals surface area contributed by atoms with Gasteiger partial charge in [0.15, 0.2) is 0 Å². The van der Waals surface area contributed by atoms with Gasteiger partial charge in [0.05, 0.1) is 6.04 Å². The smallest absolute Gasteiger partial charge is 0.128 e. The minimum absolute atomic E-state index is 0.0175. The van der Waals surface area contributed by atoms with Gasteiger partial charge in [-0.2, -0.15) is 0 Å². The highest BCUT2D eigenvalue weighted by atomic mass is 19.1.